The molecule has 18 heavy (non-hydrogen) atoms. The van der Waals surface area contributed by atoms with Gasteiger partial charge in [-0.3, -0.25) is 9.58 Å². The highest BCUT2D eigenvalue weighted by molar-refractivity contribution is 9.10. The third-order valence-corrected chi connectivity index (χ3v) is 4.73. The van der Waals surface area contributed by atoms with Crippen molar-refractivity contribution in [1.29, 1.82) is 0 Å². The zero-order valence-electron chi connectivity index (χ0n) is 11.3. The molecule has 0 amide bonds. The van der Waals surface area contributed by atoms with Gasteiger partial charge in [0.2, 0.25) is 0 Å². The summed E-state index contributed by atoms with van der Waals surface area (Å²) in [6.07, 6.45) is 3.51. The first-order valence-corrected chi connectivity index (χ1v) is 7.57. The summed E-state index contributed by atoms with van der Waals surface area (Å²) in [5.41, 5.74) is 8.23. The normalized spacial score (nSPS) is 21.4. The third-order valence-electron chi connectivity index (χ3n) is 3.81. The lowest BCUT2D eigenvalue weighted by Crippen LogP contribution is -2.38. The van der Waals surface area contributed by atoms with Crippen molar-refractivity contribution in [3.8, 4) is 0 Å². The van der Waals surface area contributed by atoms with Crippen molar-refractivity contribution in [2.75, 3.05) is 19.6 Å². The van der Waals surface area contributed by atoms with Crippen LogP contribution in [-0.4, -0.2) is 34.3 Å². The number of nitrogens with zero attached hydrogens (tertiary/aromatic N) is 3. The van der Waals surface area contributed by atoms with Crippen LogP contribution in [0, 0.1) is 5.92 Å². The summed E-state index contributed by atoms with van der Waals surface area (Å²) in [5, 5.41) is 4.55. The van der Waals surface area contributed by atoms with E-state index >= 15 is 0 Å². The number of piperidine rings is 1. The minimum atomic E-state index is 0.663. The molecule has 1 atom stereocenters. The Labute approximate surface area is 118 Å². The highest BCUT2D eigenvalue weighted by Gasteiger charge is 2.21. The summed E-state index contributed by atoms with van der Waals surface area (Å²) in [4.78, 5) is 2.50. The van der Waals surface area contributed by atoms with Gasteiger partial charge in [-0.2, -0.15) is 5.10 Å². The maximum absolute atomic E-state index is 5.79. The molecule has 1 fully saturated rings. The minimum absolute atomic E-state index is 0.663. The number of rotatable bonds is 4. The largest absolute Gasteiger partial charge is 0.330 e. The molecule has 1 aromatic rings. The molecular formula is C13H23BrN4. The van der Waals surface area contributed by atoms with Crippen LogP contribution >= 0.6 is 15.9 Å². The monoisotopic (exact) mass is 314 g/mol. The molecule has 1 unspecified atom stereocenters. The van der Waals surface area contributed by atoms with Crippen molar-refractivity contribution < 1.29 is 0 Å². The molecule has 1 aliphatic heterocycles. The Bertz CT molecular complexity index is 402. The summed E-state index contributed by atoms with van der Waals surface area (Å²) >= 11 is 3.69. The molecule has 0 saturated carbocycles. The van der Waals surface area contributed by atoms with Crippen molar-refractivity contribution >= 4 is 15.9 Å². The molecule has 0 radical (unpaired) electrons. The molecular weight excluding hydrogens is 292 g/mol. The molecule has 0 bridgehead atoms. The van der Waals surface area contributed by atoms with Gasteiger partial charge in [0.1, 0.15) is 0 Å². The summed E-state index contributed by atoms with van der Waals surface area (Å²) in [5.74, 6) is 0.663. The number of nitrogens with two attached hydrogens (primary N) is 1. The van der Waals surface area contributed by atoms with Crippen LogP contribution in [0.2, 0.25) is 0 Å². The molecule has 1 saturated heterocycles. The molecule has 1 aromatic heterocycles. The fourth-order valence-electron chi connectivity index (χ4n) is 2.69. The van der Waals surface area contributed by atoms with Gasteiger partial charge < -0.3 is 5.73 Å². The second kappa shape index (κ2) is 6.17. The average Bonchev–Trinajstić information content (AvgIpc) is 2.66. The fraction of sp³-hybridized carbons (Fsp3) is 0.769. The topological polar surface area (TPSA) is 47.1 Å². The van der Waals surface area contributed by atoms with Crippen molar-refractivity contribution in [2.45, 2.75) is 32.7 Å². The Kier molecular flexibility index (Phi) is 4.81. The first-order valence-electron chi connectivity index (χ1n) is 6.78. The Balaban J connectivity index is 2.07. The maximum Gasteiger partial charge on any atom is 0.0767 e. The summed E-state index contributed by atoms with van der Waals surface area (Å²) in [6, 6.07) is 0. The minimum Gasteiger partial charge on any atom is -0.330 e. The molecule has 5 heteroatoms. The second-order valence-corrected chi connectivity index (χ2v) is 5.96. The summed E-state index contributed by atoms with van der Waals surface area (Å²) in [7, 11) is 2.03. The molecule has 2 rings (SSSR count). The van der Waals surface area contributed by atoms with E-state index in [9.17, 15) is 0 Å². The standard InChI is InChI=1S/C13H23BrN4/c1-3-11-13(14)12(17(2)16-11)9-18-6-4-5-10(7-15)8-18/h10H,3-9,15H2,1-2H3. The zero-order valence-corrected chi connectivity index (χ0v) is 12.9. The Hall–Kier alpha value is -0.390. The number of halogens is 1. The van der Waals surface area contributed by atoms with E-state index in [0.29, 0.717) is 5.92 Å². The molecule has 102 valence electrons. The van der Waals surface area contributed by atoms with Gasteiger partial charge in [-0.05, 0) is 54.2 Å². The van der Waals surface area contributed by atoms with Gasteiger partial charge in [-0.1, -0.05) is 6.92 Å². The molecule has 2 heterocycles. The van der Waals surface area contributed by atoms with Crippen LogP contribution in [0.25, 0.3) is 0 Å². The van der Waals surface area contributed by atoms with Gasteiger partial charge in [0.15, 0.2) is 0 Å². The van der Waals surface area contributed by atoms with Crippen molar-refractivity contribution in [3.63, 3.8) is 0 Å². The van der Waals surface area contributed by atoms with Gasteiger partial charge in [-0.25, -0.2) is 0 Å². The van der Waals surface area contributed by atoms with E-state index < -0.39 is 0 Å². The van der Waals surface area contributed by atoms with Gasteiger partial charge in [0.25, 0.3) is 0 Å². The number of hydrogen-bond acceptors (Lipinski definition) is 3. The van der Waals surface area contributed by atoms with E-state index in [4.69, 9.17) is 5.73 Å². The highest BCUT2D eigenvalue weighted by atomic mass is 79.9. The van der Waals surface area contributed by atoms with E-state index in [-0.39, 0.29) is 0 Å². The lowest BCUT2D eigenvalue weighted by molar-refractivity contribution is 0.167. The molecule has 1 aliphatic rings. The van der Waals surface area contributed by atoms with Crippen LogP contribution in [0.1, 0.15) is 31.2 Å². The number of aryl methyl sites for hydroxylation is 2. The zero-order chi connectivity index (χ0) is 13.1. The summed E-state index contributed by atoms with van der Waals surface area (Å²) < 4.78 is 3.19. The second-order valence-electron chi connectivity index (χ2n) is 5.16. The first-order chi connectivity index (χ1) is 8.65. The lowest BCUT2D eigenvalue weighted by atomic mass is 9.98. The van der Waals surface area contributed by atoms with Crippen molar-refractivity contribution in [1.82, 2.24) is 14.7 Å². The Morgan fingerprint density at radius 2 is 2.28 bits per heavy atom. The molecule has 0 aliphatic carbocycles. The van der Waals surface area contributed by atoms with Crippen molar-refractivity contribution in [3.05, 3.63) is 15.9 Å². The predicted octanol–water partition coefficient (Wildman–Crippen LogP) is 1.92. The van der Waals surface area contributed by atoms with E-state index in [1.54, 1.807) is 0 Å². The van der Waals surface area contributed by atoms with E-state index in [2.05, 4.69) is 32.9 Å². The van der Waals surface area contributed by atoms with E-state index in [1.807, 2.05) is 11.7 Å². The third kappa shape index (κ3) is 2.95. The molecule has 2 N–H and O–H groups in total. The van der Waals surface area contributed by atoms with Crippen molar-refractivity contribution in [2.24, 2.45) is 18.7 Å². The number of likely N-dealkylation sites (tertiary alicyclic amines) is 1. The van der Waals surface area contributed by atoms with Crippen LogP contribution in [0.15, 0.2) is 4.47 Å². The van der Waals surface area contributed by atoms with Crippen LogP contribution in [0.3, 0.4) is 0 Å². The smallest absolute Gasteiger partial charge is 0.0767 e. The first kappa shape index (κ1) is 14.0. The molecule has 0 spiro atoms. The van der Waals surface area contributed by atoms with Gasteiger partial charge in [0, 0.05) is 20.1 Å². The predicted molar refractivity (Wildman–Crippen MR) is 77.3 cm³/mol. The van der Waals surface area contributed by atoms with Gasteiger partial charge in [-0.15, -0.1) is 0 Å². The van der Waals surface area contributed by atoms with Crippen LogP contribution in [0.4, 0.5) is 0 Å². The van der Waals surface area contributed by atoms with E-state index in [0.717, 1.165) is 31.7 Å². The molecule has 4 nitrogen and oxygen atoms in total. The number of aromatic nitrogens is 2. The fourth-order valence-corrected chi connectivity index (χ4v) is 3.43. The molecule has 0 aromatic carbocycles. The van der Waals surface area contributed by atoms with E-state index in [1.165, 1.54) is 29.6 Å². The van der Waals surface area contributed by atoms with Gasteiger partial charge >= 0.3 is 0 Å². The number of hydrogen-bond donors (Lipinski definition) is 1. The lowest BCUT2D eigenvalue weighted by Gasteiger charge is -2.32. The Morgan fingerprint density at radius 3 is 2.89 bits per heavy atom. The Morgan fingerprint density at radius 1 is 1.50 bits per heavy atom. The van der Waals surface area contributed by atoms with Crippen LogP contribution < -0.4 is 5.73 Å². The van der Waals surface area contributed by atoms with Crippen LogP contribution in [-0.2, 0) is 20.0 Å². The quantitative estimate of drug-likeness (QED) is 0.923. The average molecular weight is 315 g/mol. The highest BCUT2D eigenvalue weighted by Crippen LogP contribution is 2.25. The van der Waals surface area contributed by atoms with Crippen LogP contribution in [0.5, 0.6) is 0 Å². The maximum atomic E-state index is 5.79. The van der Waals surface area contributed by atoms with Gasteiger partial charge in [0.05, 0.1) is 15.9 Å². The SMILES string of the molecule is CCc1nn(C)c(CN2CCCC(CN)C2)c1Br. The summed E-state index contributed by atoms with van der Waals surface area (Å²) in [6.45, 7) is 6.22.